The zero-order valence-electron chi connectivity index (χ0n) is 7.26. The summed E-state index contributed by atoms with van der Waals surface area (Å²) in [4.78, 5) is 0. The van der Waals surface area contributed by atoms with E-state index in [0.29, 0.717) is 0 Å². The average Bonchev–Trinajstić information content (AvgIpc) is 1.63. The van der Waals surface area contributed by atoms with Crippen LogP contribution in [0.3, 0.4) is 0 Å². The molecule has 0 unspecified atom stereocenters. The highest BCUT2D eigenvalue weighted by Crippen LogP contribution is 1.94. The number of quaternary nitrogens is 1. The van der Waals surface area contributed by atoms with Crippen LogP contribution >= 0.6 is 12.4 Å². The summed E-state index contributed by atoms with van der Waals surface area (Å²) in [7, 11) is 6.61. The average molecular weight is 168 g/mol. The molecule has 64 valence electrons. The van der Waals surface area contributed by atoms with Crippen LogP contribution in [0.25, 0.3) is 0 Å². The largest absolute Gasteiger partial charge is 0.331 e. The van der Waals surface area contributed by atoms with E-state index in [9.17, 15) is 0 Å². The van der Waals surface area contributed by atoms with Gasteiger partial charge in [0.2, 0.25) is 0 Å². The second kappa shape index (κ2) is 5.96. The number of nitrogens with two attached hydrogens (primary N) is 1. The number of rotatable bonds is 4. The second-order valence-corrected chi connectivity index (χ2v) is 3.51. The van der Waals surface area contributed by atoms with Crippen molar-refractivity contribution in [3.8, 4) is 0 Å². The molecule has 2 nitrogen and oxygen atoms in total. The summed E-state index contributed by atoms with van der Waals surface area (Å²) in [5.41, 5.74) is 5.35. The van der Waals surface area contributed by atoms with E-state index in [1.54, 1.807) is 0 Å². The number of nitrogens with zero attached hydrogens (tertiary/aromatic N) is 1. The van der Waals surface area contributed by atoms with E-state index >= 15 is 0 Å². The van der Waals surface area contributed by atoms with Crippen molar-refractivity contribution >= 4 is 12.4 Å². The first-order valence-corrected chi connectivity index (χ1v) is 3.57. The number of hydrogen-bond donors (Lipinski definition) is 1. The zero-order chi connectivity index (χ0) is 7.33. The minimum Gasteiger partial charge on any atom is -0.331 e. The molecule has 0 aliphatic carbocycles. The third-order valence-corrected chi connectivity index (χ3v) is 1.28. The van der Waals surface area contributed by atoms with Crippen molar-refractivity contribution in [2.24, 2.45) is 5.73 Å². The zero-order valence-corrected chi connectivity index (χ0v) is 8.08. The molecule has 0 aromatic rings. The molecule has 0 aliphatic rings. The molecule has 10 heavy (non-hydrogen) atoms. The molecule has 0 radical (unpaired) electrons. The monoisotopic (exact) mass is 167 g/mol. The molecule has 0 saturated carbocycles. The van der Waals surface area contributed by atoms with Crippen LogP contribution in [0.1, 0.15) is 12.8 Å². The molecule has 0 rings (SSSR count). The third kappa shape index (κ3) is 11.1. The molecule has 0 bridgehead atoms. The Morgan fingerprint density at radius 2 is 1.60 bits per heavy atom. The van der Waals surface area contributed by atoms with Gasteiger partial charge in [-0.05, 0) is 19.4 Å². The van der Waals surface area contributed by atoms with Crippen LogP contribution in [0.2, 0.25) is 0 Å². The molecule has 0 atom stereocenters. The number of unbranched alkanes of at least 4 members (excludes halogenated alkanes) is 1. The summed E-state index contributed by atoms with van der Waals surface area (Å²) in [6, 6.07) is 0. The molecule has 0 aromatic heterocycles. The van der Waals surface area contributed by atoms with Gasteiger partial charge in [-0.2, -0.15) is 0 Å². The van der Waals surface area contributed by atoms with Gasteiger partial charge in [-0.1, -0.05) is 0 Å². The highest BCUT2D eigenvalue weighted by Gasteiger charge is 2.03. The predicted octanol–water partition coefficient (Wildman–Crippen LogP) is 0.853. The molecule has 0 aliphatic heterocycles. The fraction of sp³-hybridized carbons (Fsp3) is 1.00. The number of hydrogen-bond acceptors (Lipinski definition) is 1. The Morgan fingerprint density at radius 1 is 1.10 bits per heavy atom. The van der Waals surface area contributed by atoms with Crippen molar-refractivity contribution in [3.63, 3.8) is 0 Å². The van der Waals surface area contributed by atoms with E-state index in [1.807, 2.05) is 0 Å². The lowest BCUT2D eigenvalue weighted by atomic mass is 10.3. The Bertz CT molecular complexity index is 68.5. The maximum atomic E-state index is 5.35. The standard InChI is InChI=1S/C7H19N2.ClH/c1-9(2,3)7-5-4-6-8;/h4-8H2,1-3H3;1H/q+1;. The SMILES string of the molecule is C[N+](C)(C)CCCCN.Cl. The molecule has 0 spiro atoms. The van der Waals surface area contributed by atoms with Gasteiger partial charge >= 0.3 is 0 Å². The summed E-state index contributed by atoms with van der Waals surface area (Å²) in [6.07, 6.45) is 2.41. The maximum Gasteiger partial charge on any atom is 0.0780 e. The van der Waals surface area contributed by atoms with Gasteiger partial charge in [0.1, 0.15) is 0 Å². The molecule has 2 N–H and O–H groups in total. The fourth-order valence-corrected chi connectivity index (χ4v) is 0.730. The van der Waals surface area contributed by atoms with Crippen LogP contribution in [0.5, 0.6) is 0 Å². The lowest BCUT2D eigenvalue weighted by molar-refractivity contribution is -0.870. The van der Waals surface area contributed by atoms with Crippen molar-refractivity contribution in [2.45, 2.75) is 12.8 Å². The first kappa shape index (κ1) is 12.8. The Hall–Kier alpha value is 0.210. The lowest BCUT2D eigenvalue weighted by Crippen LogP contribution is -2.35. The van der Waals surface area contributed by atoms with Gasteiger partial charge in [0.15, 0.2) is 0 Å². The maximum absolute atomic E-state index is 5.35. The van der Waals surface area contributed by atoms with Crippen LogP contribution < -0.4 is 5.73 Å². The summed E-state index contributed by atoms with van der Waals surface area (Å²) in [6.45, 7) is 2.07. The van der Waals surface area contributed by atoms with Crippen LogP contribution in [-0.4, -0.2) is 38.7 Å². The van der Waals surface area contributed by atoms with E-state index in [4.69, 9.17) is 5.73 Å². The summed E-state index contributed by atoms with van der Waals surface area (Å²) >= 11 is 0. The van der Waals surface area contributed by atoms with Gasteiger partial charge in [0, 0.05) is 0 Å². The van der Waals surface area contributed by atoms with E-state index in [2.05, 4.69) is 21.1 Å². The lowest BCUT2D eigenvalue weighted by Gasteiger charge is -2.23. The van der Waals surface area contributed by atoms with Crippen LogP contribution in [-0.2, 0) is 0 Å². The summed E-state index contributed by atoms with van der Waals surface area (Å²) < 4.78 is 1.06. The summed E-state index contributed by atoms with van der Waals surface area (Å²) in [5, 5.41) is 0. The summed E-state index contributed by atoms with van der Waals surface area (Å²) in [5.74, 6) is 0. The molecular weight excluding hydrogens is 148 g/mol. The Kier molecular flexibility index (Phi) is 7.65. The first-order chi connectivity index (χ1) is 4.06. The molecule has 0 aromatic carbocycles. The molecule has 3 heteroatoms. The Labute approximate surface area is 70.4 Å². The van der Waals surface area contributed by atoms with Gasteiger partial charge in [-0.3, -0.25) is 0 Å². The molecule has 0 fully saturated rings. The fourth-order valence-electron chi connectivity index (χ4n) is 0.730. The van der Waals surface area contributed by atoms with Gasteiger partial charge in [-0.15, -0.1) is 12.4 Å². The second-order valence-electron chi connectivity index (χ2n) is 3.51. The van der Waals surface area contributed by atoms with Crippen molar-refractivity contribution in [1.82, 2.24) is 0 Å². The van der Waals surface area contributed by atoms with Crippen LogP contribution in [0.4, 0.5) is 0 Å². The van der Waals surface area contributed by atoms with Gasteiger partial charge in [0.05, 0.1) is 27.7 Å². The molecule has 0 saturated heterocycles. The van der Waals surface area contributed by atoms with E-state index in [-0.39, 0.29) is 12.4 Å². The van der Waals surface area contributed by atoms with Crippen LogP contribution in [0, 0.1) is 0 Å². The van der Waals surface area contributed by atoms with E-state index in [1.165, 1.54) is 13.0 Å². The molecule has 0 heterocycles. The first-order valence-electron chi connectivity index (χ1n) is 3.57. The van der Waals surface area contributed by atoms with Gasteiger partial charge < -0.3 is 10.2 Å². The van der Waals surface area contributed by atoms with Crippen LogP contribution in [0.15, 0.2) is 0 Å². The third-order valence-electron chi connectivity index (χ3n) is 1.28. The van der Waals surface area contributed by atoms with Crippen molar-refractivity contribution < 1.29 is 4.48 Å². The van der Waals surface area contributed by atoms with Crippen molar-refractivity contribution in [3.05, 3.63) is 0 Å². The molecular formula is C7H20ClN2+. The van der Waals surface area contributed by atoms with E-state index in [0.717, 1.165) is 17.4 Å². The molecule has 0 amide bonds. The highest BCUT2D eigenvalue weighted by molar-refractivity contribution is 5.85. The highest BCUT2D eigenvalue weighted by atomic mass is 35.5. The van der Waals surface area contributed by atoms with Crippen molar-refractivity contribution in [2.75, 3.05) is 34.2 Å². The topological polar surface area (TPSA) is 26.0 Å². The number of halogens is 1. The van der Waals surface area contributed by atoms with Crippen molar-refractivity contribution in [1.29, 1.82) is 0 Å². The normalized spacial score (nSPS) is 10.8. The Balaban J connectivity index is 0. The minimum absolute atomic E-state index is 0. The Morgan fingerprint density at radius 3 is 1.90 bits per heavy atom. The quantitative estimate of drug-likeness (QED) is 0.488. The van der Waals surface area contributed by atoms with E-state index < -0.39 is 0 Å². The van der Waals surface area contributed by atoms with Gasteiger partial charge in [0.25, 0.3) is 0 Å². The van der Waals surface area contributed by atoms with Gasteiger partial charge in [-0.25, -0.2) is 0 Å². The minimum atomic E-state index is 0. The smallest absolute Gasteiger partial charge is 0.0780 e. The predicted molar refractivity (Wildman–Crippen MR) is 48.4 cm³/mol.